The molecule has 0 saturated heterocycles. The number of benzene rings is 2. The predicted molar refractivity (Wildman–Crippen MR) is 71.8 cm³/mol. The van der Waals surface area contributed by atoms with Gasteiger partial charge in [-0.05, 0) is 35.7 Å². The van der Waals surface area contributed by atoms with Crippen LogP contribution in [0.15, 0.2) is 42.5 Å². The summed E-state index contributed by atoms with van der Waals surface area (Å²) in [5.74, 6) is -2.30. The van der Waals surface area contributed by atoms with Crippen LogP contribution in [0.25, 0.3) is 0 Å². The van der Waals surface area contributed by atoms with Gasteiger partial charge in [0.25, 0.3) is 0 Å². The van der Waals surface area contributed by atoms with Crippen molar-refractivity contribution < 1.29 is 18.3 Å². The summed E-state index contributed by atoms with van der Waals surface area (Å²) in [6, 6.07) is 9.95. The van der Waals surface area contributed by atoms with E-state index >= 15 is 0 Å². The number of hydrogen-bond donors (Lipinski definition) is 0. The van der Waals surface area contributed by atoms with Crippen LogP contribution in [0.3, 0.4) is 0 Å². The summed E-state index contributed by atoms with van der Waals surface area (Å²) < 4.78 is 30.8. The summed E-state index contributed by atoms with van der Waals surface area (Å²) in [4.78, 5) is 11.9. The highest BCUT2D eigenvalue weighted by molar-refractivity contribution is 5.91. The van der Waals surface area contributed by atoms with E-state index < -0.39 is 17.6 Å². The maximum Gasteiger partial charge on any atom is 0.343 e. The van der Waals surface area contributed by atoms with Gasteiger partial charge in [-0.15, -0.1) is 0 Å². The molecule has 0 N–H and O–H groups in total. The van der Waals surface area contributed by atoms with Gasteiger partial charge in [-0.3, -0.25) is 0 Å². The van der Waals surface area contributed by atoms with Crippen molar-refractivity contribution in [1.82, 2.24) is 0 Å². The largest absolute Gasteiger partial charge is 0.423 e. The Morgan fingerprint density at radius 3 is 2.20 bits per heavy atom. The van der Waals surface area contributed by atoms with Crippen molar-refractivity contribution >= 4 is 5.97 Å². The van der Waals surface area contributed by atoms with Crippen LogP contribution in [-0.2, 0) is 0 Å². The molecule has 0 aliphatic carbocycles. The lowest BCUT2D eigenvalue weighted by Gasteiger charge is -2.07. The molecule has 0 atom stereocenters. The topological polar surface area (TPSA) is 26.3 Å². The molecule has 104 valence electrons. The molecule has 0 aromatic heterocycles. The first-order chi connectivity index (χ1) is 9.47. The van der Waals surface area contributed by atoms with E-state index in [9.17, 15) is 13.6 Å². The van der Waals surface area contributed by atoms with Crippen LogP contribution in [-0.4, -0.2) is 5.97 Å². The van der Waals surface area contributed by atoms with E-state index in [0.29, 0.717) is 11.5 Å². The lowest BCUT2D eigenvalue weighted by atomic mass is 10.0. The van der Waals surface area contributed by atoms with E-state index in [0.717, 1.165) is 17.7 Å². The highest BCUT2D eigenvalue weighted by atomic mass is 19.2. The predicted octanol–water partition coefficient (Wildman–Crippen LogP) is 4.31. The van der Waals surface area contributed by atoms with Gasteiger partial charge in [-0.25, -0.2) is 13.6 Å². The molecule has 0 heterocycles. The van der Waals surface area contributed by atoms with Crippen molar-refractivity contribution in [2.45, 2.75) is 19.8 Å². The third-order valence-electron chi connectivity index (χ3n) is 2.91. The number of halogens is 2. The van der Waals surface area contributed by atoms with Crippen LogP contribution in [0.4, 0.5) is 8.78 Å². The second-order valence-corrected chi connectivity index (χ2v) is 4.74. The molecule has 0 amide bonds. The molecule has 0 unspecified atom stereocenters. The van der Waals surface area contributed by atoms with Gasteiger partial charge >= 0.3 is 5.97 Å². The first kappa shape index (κ1) is 14.2. The molecule has 4 heteroatoms. The van der Waals surface area contributed by atoms with E-state index in [1.54, 1.807) is 12.1 Å². The minimum absolute atomic E-state index is 0.0261. The summed E-state index contributed by atoms with van der Waals surface area (Å²) in [7, 11) is 0. The minimum Gasteiger partial charge on any atom is -0.423 e. The summed E-state index contributed by atoms with van der Waals surface area (Å²) >= 11 is 0. The first-order valence-electron chi connectivity index (χ1n) is 6.24. The number of carbonyl (C=O) groups excluding carboxylic acids is 1. The van der Waals surface area contributed by atoms with E-state index in [2.05, 4.69) is 13.8 Å². The van der Waals surface area contributed by atoms with Crippen LogP contribution in [0.1, 0.15) is 35.7 Å². The number of rotatable bonds is 3. The standard InChI is InChI=1S/C16H14F2O2/c1-10(2)11-3-5-12(6-4-11)16(19)20-13-7-8-14(17)15(18)9-13/h3-10H,1-2H3. The molecule has 0 saturated carbocycles. The first-order valence-corrected chi connectivity index (χ1v) is 6.24. The van der Waals surface area contributed by atoms with Gasteiger partial charge in [-0.2, -0.15) is 0 Å². The number of esters is 1. The molecule has 0 bridgehead atoms. The SMILES string of the molecule is CC(C)c1ccc(C(=O)Oc2ccc(F)c(F)c2)cc1. The normalized spacial score (nSPS) is 10.7. The molecule has 2 nitrogen and oxygen atoms in total. The lowest BCUT2D eigenvalue weighted by molar-refractivity contribution is 0.0734. The zero-order chi connectivity index (χ0) is 14.7. The van der Waals surface area contributed by atoms with E-state index in [1.165, 1.54) is 6.07 Å². The van der Waals surface area contributed by atoms with Gasteiger partial charge in [0.1, 0.15) is 5.75 Å². The van der Waals surface area contributed by atoms with Crippen LogP contribution in [0.2, 0.25) is 0 Å². The summed E-state index contributed by atoms with van der Waals surface area (Å²) in [6.45, 7) is 4.10. The van der Waals surface area contributed by atoms with E-state index in [1.807, 2.05) is 12.1 Å². The monoisotopic (exact) mass is 276 g/mol. The summed E-state index contributed by atoms with van der Waals surface area (Å²) in [5, 5.41) is 0. The van der Waals surface area contributed by atoms with Gasteiger partial charge in [0.2, 0.25) is 0 Å². The average Bonchev–Trinajstić information content (AvgIpc) is 2.43. The maximum atomic E-state index is 13.0. The Balaban J connectivity index is 2.13. The number of hydrogen-bond acceptors (Lipinski definition) is 2. The Kier molecular flexibility index (Phi) is 4.13. The zero-order valence-electron chi connectivity index (χ0n) is 11.2. The van der Waals surface area contributed by atoms with Gasteiger partial charge in [0.15, 0.2) is 11.6 Å². The smallest absolute Gasteiger partial charge is 0.343 e. The van der Waals surface area contributed by atoms with Gasteiger partial charge in [-0.1, -0.05) is 26.0 Å². The van der Waals surface area contributed by atoms with Gasteiger partial charge < -0.3 is 4.74 Å². The third kappa shape index (κ3) is 3.20. The van der Waals surface area contributed by atoms with E-state index in [4.69, 9.17) is 4.74 Å². The fraction of sp³-hybridized carbons (Fsp3) is 0.188. The van der Waals surface area contributed by atoms with Crippen LogP contribution >= 0.6 is 0 Å². The highest BCUT2D eigenvalue weighted by Gasteiger charge is 2.11. The second kappa shape index (κ2) is 5.82. The molecular weight excluding hydrogens is 262 g/mol. The summed E-state index contributed by atoms with van der Waals surface area (Å²) in [6.07, 6.45) is 0. The Morgan fingerprint density at radius 1 is 1.00 bits per heavy atom. The Morgan fingerprint density at radius 2 is 1.65 bits per heavy atom. The summed E-state index contributed by atoms with van der Waals surface area (Å²) in [5.41, 5.74) is 1.47. The van der Waals surface area contributed by atoms with Crippen molar-refractivity contribution in [3.63, 3.8) is 0 Å². The fourth-order valence-electron chi connectivity index (χ4n) is 1.71. The fourth-order valence-corrected chi connectivity index (χ4v) is 1.71. The van der Waals surface area contributed by atoms with Crippen molar-refractivity contribution in [3.05, 3.63) is 65.2 Å². The Bertz CT molecular complexity index is 619. The Labute approximate surface area is 116 Å². The molecule has 20 heavy (non-hydrogen) atoms. The van der Waals surface area contributed by atoms with Crippen molar-refractivity contribution in [3.8, 4) is 5.75 Å². The zero-order valence-corrected chi connectivity index (χ0v) is 11.2. The second-order valence-electron chi connectivity index (χ2n) is 4.74. The molecule has 0 spiro atoms. The highest BCUT2D eigenvalue weighted by Crippen LogP contribution is 2.18. The molecule has 0 radical (unpaired) electrons. The minimum atomic E-state index is -1.05. The molecule has 2 rings (SSSR count). The molecule has 2 aromatic rings. The molecule has 2 aromatic carbocycles. The maximum absolute atomic E-state index is 13.0. The quantitative estimate of drug-likeness (QED) is 0.617. The average molecular weight is 276 g/mol. The van der Waals surface area contributed by atoms with Crippen molar-refractivity contribution in [2.24, 2.45) is 0 Å². The number of carbonyl (C=O) groups is 1. The Hall–Kier alpha value is -2.23. The van der Waals surface area contributed by atoms with Crippen LogP contribution in [0.5, 0.6) is 5.75 Å². The molecule has 0 aliphatic rings. The molecule has 0 fully saturated rings. The lowest BCUT2D eigenvalue weighted by Crippen LogP contribution is -2.08. The van der Waals surface area contributed by atoms with Crippen molar-refractivity contribution in [1.29, 1.82) is 0 Å². The molecule has 0 aliphatic heterocycles. The van der Waals surface area contributed by atoms with Gasteiger partial charge in [0.05, 0.1) is 5.56 Å². The number of ether oxygens (including phenoxy) is 1. The van der Waals surface area contributed by atoms with Crippen LogP contribution in [0, 0.1) is 11.6 Å². The van der Waals surface area contributed by atoms with Crippen LogP contribution < -0.4 is 4.74 Å². The third-order valence-corrected chi connectivity index (χ3v) is 2.91. The van der Waals surface area contributed by atoms with E-state index in [-0.39, 0.29) is 5.75 Å². The molecular formula is C16H14F2O2. The van der Waals surface area contributed by atoms with Crippen molar-refractivity contribution in [2.75, 3.05) is 0 Å². The van der Waals surface area contributed by atoms with Gasteiger partial charge in [0, 0.05) is 6.07 Å².